The summed E-state index contributed by atoms with van der Waals surface area (Å²) in [5.74, 6) is -22.7. The lowest BCUT2D eigenvalue weighted by atomic mass is 10.0. The van der Waals surface area contributed by atoms with Gasteiger partial charge in [0.1, 0.15) is 66.5 Å². The van der Waals surface area contributed by atoms with Gasteiger partial charge in [-0.3, -0.25) is 86.5 Å². The van der Waals surface area contributed by atoms with Crippen molar-refractivity contribution in [1.29, 1.82) is 0 Å². The van der Waals surface area contributed by atoms with Gasteiger partial charge in [-0.15, -0.1) is 0 Å². The molecular formula is C60H97N19O23S2. The third-order valence-corrected chi connectivity index (χ3v) is 19.0. The molecule has 3 aliphatic rings. The number of nitrogens with zero attached hydrogens (tertiary/aromatic N) is 3. The predicted molar refractivity (Wildman–Crippen MR) is 367 cm³/mol. The average molecular weight is 1520 g/mol. The molecule has 3 fully saturated rings. The number of aliphatic carboxylic acids is 5. The molecule has 3 heterocycles. The number of carbonyl (C=O) groups excluding carboxylic acids is 13. The van der Waals surface area contributed by atoms with Crippen LogP contribution >= 0.6 is 21.6 Å². The number of nitrogens with one attached hydrogen (secondary N) is 10. The molecule has 27 N–H and O–H groups in total. The highest BCUT2D eigenvalue weighted by atomic mass is 33.1. The zero-order valence-corrected chi connectivity index (χ0v) is 58.8. The number of guanidine groups is 1. The fraction of sp³-hybridized carbons (Fsp3) is 0.683. The summed E-state index contributed by atoms with van der Waals surface area (Å²) in [6.45, 7) is -0.928. The molecule has 44 heteroatoms. The molecule has 0 aromatic carbocycles. The van der Waals surface area contributed by atoms with E-state index in [4.69, 9.17) is 34.4 Å². The topological polar surface area (TPSA) is 704 Å². The van der Waals surface area contributed by atoms with Gasteiger partial charge in [0.25, 0.3) is 0 Å². The third-order valence-electron chi connectivity index (χ3n) is 16.5. The van der Waals surface area contributed by atoms with Crippen LogP contribution in [0, 0.1) is 0 Å². The molecular weight excluding hydrogens is 1420 g/mol. The van der Waals surface area contributed by atoms with Gasteiger partial charge in [0.2, 0.25) is 76.8 Å². The molecule has 42 nitrogen and oxygen atoms in total. The van der Waals surface area contributed by atoms with Crippen LogP contribution in [0.25, 0.3) is 0 Å². The number of hydrogen-bond acceptors (Lipinski definition) is 24. The predicted octanol–water partition coefficient (Wildman–Crippen LogP) is -8.10. The Morgan fingerprint density at radius 1 is 0.433 bits per heavy atom. The zero-order valence-electron chi connectivity index (χ0n) is 57.1. The Bertz CT molecular complexity index is 3110. The van der Waals surface area contributed by atoms with E-state index in [1.54, 1.807) is 0 Å². The van der Waals surface area contributed by atoms with E-state index in [0.717, 1.165) is 31.4 Å². The van der Waals surface area contributed by atoms with Crippen LogP contribution in [0.15, 0.2) is 4.99 Å². The van der Waals surface area contributed by atoms with Crippen LogP contribution in [0.1, 0.15) is 135 Å². The minimum Gasteiger partial charge on any atom is -0.481 e. The number of carboxylic acids is 5. The summed E-state index contributed by atoms with van der Waals surface area (Å²) in [5.41, 5.74) is 34.2. The van der Waals surface area contributed by atoms with Gasteiger partial charge in [0, 0.05) is 56.8 Å². The third kappa shape index (κ3) is 31.9. The number of rotatable bonds is 27. The second-order valence-electron chi connectivity index (χ2n) is 24.6. The van der Waals surface area contributed by atoms with Gasteiger partial charge in [-0.25, -0.2) is 4.79 Å². The van der Waals surface area contributed by atoms with E-state index in [9.17, 15) is 112 Å². The lowest BCUT2D eigenvalue weighted by molar-refractivity contribution is -0.144. The van der Waals surface area contributed by atoms with Crippen LogP contribution in [0.5, 0.6) is 0 Å². The molecule has 0 aromatic heterocycles. The van der Waals surface area contributed by atoms with E-state index in [1.165, 1.54) is 0 Å². The molecule has 3 rings (SSSR count). The summed E-state index contributed by atoms with van der Waals surface area (Å²) in [5, 5.41) is 72.6. The number of carboxylic acid groups (broad SMARTS) is 5. The Morgan fingerprint density at radius 3 is 1.21 bits per heavy atom. The maximum Gasteiger partial charge on any atom is 0.327 e. The first kappa shape index (κ1) is 88.5. The Morgan fingerprint density at radius 2 is 0.798 bits per heavy atom. The maximum atomic E-state index is 14.5. The van der Waals surface area contributed by atoms with Crippen LogP contribution in [-0.2, 0) is 86.3 Å². The number of fused-ring (bicyclic) bond motifs is 2. The molecule has 13 amide bonds. The molecule has 0 saturated carbocycles. The SMILES string of the molecule is NCCCC[C@@H]1NC(=O)[C@H](CCCN=C(N)N)NC(=O)[C@H](CC(N)=O)NC(=O)[C@H](CCC(=O)O)NC(=O)[C@H](CCCCN)NC(=O)[C@H](CCC(=O)O)NC(=O)[C@@H](N)CSSC[C@@H](C(=O)O)NC(=O)[C@@H]2CCCN2C(=O)CNC(=O)[C@@H]2CCCN2C(=O)[C@H](CCC(=O)O)NC(=O)[C@H](CCC(=O)O)NC1=O. The monoisotopic (exact) mass is 1520 g/mol. The number of carbonyl (C=O) groups is 18. The fourth-order valence-corrected chi connectivity index (χ4v) is 13.3. The molecule has 3 aliphatic heterocycles. The lowest BCUT2D eigenvalue weighted by Crippen LogP contribution is -2.61. The number of primary amides is 1. The molecule has 0 aromatic rings. The van der Waals surface area contributed by atoms with E-state index < -0.39 is 243 Å². The summed E-state index contributed by atoms with van der Waals surface area (Å²) in [6.07, 6.45) is -6.65. The van der Waals surface area contributed by atoms with Crippen molar-refractivity contribution in [3.63, 3.8) is 0 Å². The summed E-state index contributed by atoms with van der Waals surface area (Å²) in [6, 6.07) is -20.1. The second-order valence-corrected chi connectivity index (χ2v) is 27.2. The van der Waals surface area contributed by atoms with Crippen molar-refractivity contribution in [2.24, 2.45) is 39.4 Å². The molecule has 0 unspecified atom stereocenters. The number of nitrogens with two attached hydrogens (primary N) is 6. The van der Waals surface area contributed by atoms with Gasteiger partial charge in [-0.05, 0) is 116 Å². The van der Waals surface area contributed by atoms with E-state index >= 15 is 0 Å². The number of amides is 13. The van der Waals surface area contributed by atoms with Gasteiger partial charge in [0.05, 0.1) is 19.0 Å². The number of hydrogen-bond donors (Lipinski definition) is 21. The fourth-order valence-electron chi connectivity index (χ4n) is 11.0. The van der Waals surface area contributed by atoms with Crippen molar-refractivity contribution in [1.82, 2.24) is 63.0 Å². The van der Waals surface area contributed by atoms with Crippen LogP contribution in [0.4, 0.5) is 0 Å². The highest BCUT2D eigenvalue weighted by molar-refractivity contribution is 8.76. The number of aliphatic imine (C=N–C) groups is 1. The second kappa shape index (κ2) is 46.1. The van der Waals surface area contributed by atoms with Gasteiger partial charge in [-0.1, -0.05) is 21.6 Å². The van der Waals surface area contributed by atoms with Gasteiger partial charge < -0.3 is 123 Å². The van der Waals surface area contributed by atoms with Crippen molar-refractivity contribution in [3.8, 4) is 0 Å². The summed E-state index contributed by atoms with van der Waals surface area (Å²) in [4.78, 5) is 249. The Labute approximate surface area is 604 Å². The first-order chi connectivity index (χ1) is 49.2. The van der Waals surface area contributed by atoms with Crippen molar-refractivity contribution >= 4 is 134 Å². The molecule has 0 bridgehead atoms. The first-order valence-corrected chi connectivity index (χ1v) is 36.1. The molecule has 0 spiro atoms. The molecule has 582 valence electrons. The standard InChI is InChI=1S/C60H97N19O23S2/c61-21-3-1-8-31-49(91)73-35(14-18-45(84)85)53(95)75-37(16-20-47(88)89)58(100)79-25-7-11-40(79)56(98)68-27-43(81)78-24-6-12-41(78)57(99)77-39(59(101)102)29-104-103-28-30(63)48(90)69-34(13-17-44(82)83)52(94)71-32(9-2-4-22-62)50(92)74-36(15-19-46(86)87)54(96)76-38(26-42(64)80)55(97)72-33(51(93)70-31)10-5-23-67-60(65)66/h30-41H,1-29,61-63H2,(H2,64,80)(H,68,98)(H,69,90)(H,70,93)(H,71,94)(H,72,97)(H,73,91)(H,74,92)(H,75,95)(H,76,96)(H,77,99)(H,82,83)(H,84,85)(H,86,87)(H,88,89)(H,101,102)(H4,65,66,67)/t30-,31-,32-,33-,34-,35-,36-,37-,38-,39-,40-,41-/m0/s1. The van der Waals surface area contributed by atoms with Crippen molar-refractivity contribution < 1.29 is 112 Å². The molecule has 12 atom stereocenters. The van der Waals surface area contributed by atoms with E-state index in [2.05, 4.69) is 58.2 Å². The van der Waals surface area contributed by atoms with Crippen LogP contribution in [0.3, 0.4) is 0 Å². The highest BCUT2D eigenvalue weighted by Gasteiger charge is 2.42. The largest absolute Gasteiger partial charge is 0.481 e. The van der Waals surface area contributed by atoms with E-state index in [-0.39, 0.29) is 127 Å². The summed E-state index contributed by atoms with van der Waals surface area (Å²) >= 11 is 0. The van der Waals surface area contributed by atoms with Crippen LogP contribution < -0.4 is 87.6 Å². The highest BCUT2D eigenvalue weighted by Crippen LogP contribution is 2.25. The average Bonchev–Trinajstić information content (AvgIpc) is 1.66. The van der Waals surface area contributed by atoms with Crippen LogP contribution in [-0.4, -0.2) is 271 Å². The minimum atomic E-state index is -2.05. The smallest absolute Gasteiger partial charge is 0.327 e. The minimum absolute atomic E-state index is 0.00413. The van der Waals surface area contributed by atoms with Gasteiger partial charge in [-0.2, -0.15) is 0 Å². The van der Waals surface area contributed by atoms with E-state index in [1.807, 2.05) is 0 Å². The van der Waals surface area contributed by atoms with Crippen molar-refractivity contribution in [2.45, 2.75) is 207 Å². The molecule has 0 radical (unpaired) electrons. The van der Waals surface area contributed by atoms with Gasteiger partial charge in [0.15, 0.2) is 5.96 Å². The molecule has 3 saturated heterocycles. The quantitative estimate of drug-likeness (QED) is 0.0157. The first-order valence-electron chi connectivity index (χ1n) is 33.6. The summed E-state index contributed by atoms with van der Waals surface area (Å²) < 4.78 is 0. The normalized spacial score (nSPS) is 25.6. The molecule has 0 aliphatic carbocycles. The van der Waals surface area contributed by atoms with Crippen molar-refractivity contribution in [2.75, 3.05) is 50.8 Å². The lowest BCUT2D eigenvalue weighted by Gasteiger charge is -2.30. The Balaban J connectivity index is 2.21. The van der Waals surface area contributed by atoms with E-state index in [0.29, 0.717) is 0 Å². The van der Waals surface area contributed by atoms with Crippen LogP contribution in [0.2, 0.25) is 0 Å². The zero-order chi connectivity index (χ0) is 77.8. The Hall–Kier alpha value is -9.69. The maximum absolute atomic E-state index is 14.5. The summed E-state index contributed by atoms with van der Waals surface area (Å²) in [7, 11) is 1.70. The number of unbranched alkanes of at least 4 members (excludes halogenated alkanes) is 2. The molecule has 104 heavy (non-hydrogen) atoms. The van der Waals surface area contributed by atoms with Gasteiger partial charge >= 0.3 is 29.8 Å². The van der Waals surface area contributed by atoms with Crippen molar-refractivity contribution in [3.05, 3.63) is 0 Å². The Kier molecular flexibility index (Phi) is 39.3.